The third-order valence-electron chi connectivity index (χ3n) is 9.76. The van der Waals surface area contributed by atoms with Gasteiger partial charge in [0, 0.05) is 34.5 Å². The van der Waals surface area contributed by atoms with E-state index < -0.39 is 23.0 Å². The summed E-state index contributed by atoms with van der Waals surface area (Å²) in [5.41, 5.74) is 5.50. The molecule has 0 saturated heterocycles. The Bertz CT molecular complexity index is 2540. The van der Waals surface area contributed by atoms with Crippen molar-refractivity contribution in [3.8, 4) is 11.1 Å². The number of carbonyl (C=O) groups excluding carboxylic acids is 5. The summed E-state index contributed by atoms with van der Waals surface area (Å²) >= 11 is 2.56. The molecule has 1 aromatic heterocycles. The summed E-state index contributed by atoms with van der Waals surface area (Å²) in [6, 6.07) is 42.7. The normalized spacial score (nSPS) is 12.8. The van der Waals surface area contributed by atoms with Crippen LogP contribution in [0.25, 0.3) is 17.2 Å². The van der Waals surface area contributed by atoms with Crippen LogP contribution in [-0.4, -0.2) is 47.6 Å². The Balaban J connectivity index is 1.14. The van der Waals surface area contributed by atoms with Gasteiger partial charge in [-0.1, -0.05) is 109 Å². The van der Waals surface area contributed by atoms with Crippen LogP contribution in [0.15, 0.2) is 150 Å². The zero-order chi connectivity index (χ0) is 42.0. The molecular weight excluding hydrogens is 793 g/mol. The van der Waals surface area contributed by atoms with Crippen LogP contribution < -0.4 is 16.0 Å². The maximum Gasteiger partial charge on any atom is 0.341 e. The Morgan fingerprint density at radius 3 is 2.15 bits per heavy atom. The summed E-state index contributed by atoms with van der Waals surface area (Å²) in [5.74, 6) is -1.92. The van der Waals surface area contributed by atoms with Crippen molar-refractivity contribution in [2.24, 2.45) is 0 Å². The SMILES string of the molecule is CCOC(=O)c1c(NC(=O)C(Sc2cccc(NC(=O)/C(=C\c3ccc(-c4ccccc4)cc3)NC(=O)c3ccccc3)c2)c2ccccc2)sc2c1CCN(C(C)=O)C2. The van der Waals surface area contributed by atoms with Gasteiger partial charge in [-0.2, -0.15) is 0 Å². The summed E-state index contributed by atoms with van der Waals surface area (Å²) < 4.78 is 5.42. The van der Waals surface area contributed by atoms with Gasteiger partial charge in [0.25, 0.3) is 11.8 Å². The fourth-order valence-corrected chi connectivity index (χ4v) is 9.09. The van der Waals surface area contributed by atoms with Crippen molar-refractivity contribution in [2.45, 2.75) is 37.0 Å². The molecule has 0 saturated carbocycles. The van der Waals surface area contributed by atoms with E-state index in [1.807, 2.05) is 97.1 Å². The number of nitrogens with zero attached hydrogens (tertiary/aromatic N) is 1. The predicted octanol–water partition coefficient (Wildman–Crippen LogP) is 9.38. The van der Waals surface area contributed by atoms with Crippen molar-refractivity contribution >= 4 is 69.5 Å². The largest absolute Gasteiger partial charge is 0.462 e. The maximum absolute atomic E-state index is 14.3. The quantitative estimate of drug-likeness (QED) is 0.0600. The number of thiophene rings is 1. The van der Waals surface area contributed by atoms with Crippen LogP contribution in [0.1, 0.15) is 61.4 Å². The first-order valence-electron chi connectivity index (χ1n) is 19.4. The van der Waals surface area contributed by atoms with Crippen LogP contribution in [0.5, 0.6) is 0 Å². The van der Waals surface area contributed by atoms with Gasteiger partial charge in [-0.05, 0) is 77.6 Å². The standard InChI is InChI=1S/C48H42N4O6S2/c1-3-58-48(57)42-39-26-27-52(31(2)53)30-41(39)60-47(42)51-46(56)43(35-16-9-5-10-17-35)59-38-21-13-20-37(29-38)49-45(55)40(50-44(54)36-18-11-6-12-19-36)28-32-22-24-34(25-23-32)33-14-7-4-8-15-33/h4-25,28-29,43H,3,26-27,30H2,1-2H3,(H,49,55)(H,50,54)(H,51,56)/b40-28+. The molecule has 6 aromatic rings. The van der Waals surface area contributed by atoms with Crippen molar-refractivity contribution in [2.75, 3.05) is 23.8 Å². The number of benzene rings is 5. The number of nitrogens with one attached hydrogen (secondary N) is 3. The lowest BCUT2D eigenvalue weighted by atomic mass is 10.0. The number of anilines is 2. The third-order valence-corrected chi connectivity index (χ3v) is 12.1. The van der Waals surface area contributed by atoms with Crippen molar-refractivity contribution in [1.82, 2.24) is 10.2 Å². The van der Waals surface area contributed by atoms with Gasteiger partial charge in [-0.15, -0.1) is 23.1 Å². The Kier molecular flexibility index (Phi) is 13.3. The minimum Gasteiger partial charge on any atom is -0.462 e. The zero-order valence-electron chi connectivity index (χ0n) is 33.0. The van der Waals surface area contributed by atoms with Crippen LogP contribution in [-0.2, 0) is 32.1 Å². The van der Waals surface area contributed by atoms with E-state index >= 15 is 0 Å². The lowest BCUT2D eigenvalue weighted by Gasteiger charge is -2.25. The minimum atomic E-state index is -0.764. The molecule has 1 unspecified atom stereocenters. The number of ether oxygens (including phenoxy) is 1. The Morgan fingerprint density at radius 1 is 0.800 bits per heavy atom. The summed E-state index contributed by atoms with van der Waals surface area (Å²) in [6.45, 7) is 4.23. The second-order valence-electron chi connectivity index (χ2n) is 13.9. The van der Waals surface area contributed by atoms with Crippen molar-refractivity contribution < 1.29 is 28.7 Å². The van der Waals surface area contributed by atoms with Gasteiger partial charge in [0.05, 0.1) is 18.7 Å². The first-order chi connectivity index (χ1) is 29.2. The molecule has 1 atom stereocenters. The Morgan fingerprint density at radius 2 is 1.47 bits per heavy atom. The molecule has 0 bridgehead atoms. The van der Waals surface area contributed by atoms with Crippen molar-refractivity contribution in [1.29, 1.82) is 0 Å². The number of rotatable bonds is 13. The van der Waals surface area contributed by atoms with Gasteiger partial charge in [0.15, 0.2) is 0 Å². The van der Waals surface area contributed by atoms with Gasteiger partial charge in [0.1, 0.15) is 15.9 Å². The number of hydrogen-bond donors (Lipinski definition) is 3. The Hall–Kier alpha value is -6.76. The molecule has 4 amide bonds. The molecule has 12 heteroatoms. The van der Waals surface area contributed by atoms with Crippen LogP contribution in [0.2, 0.25) is 0 Å². The molecule has 0 spiro atoms. The minimum absolute atomic E-state index is 0.0402. The second-order valence-corrected chi connectivity index (χ2v) is 16.1. The topological polar surface area (TPSA) is 134 Å². The van der Waals surface area contributed by atoms with E-state index in [4.69, 9.17) is 4.74 Å². The zero-order valence-corrected chi connectivity index (χ0v) is 34.6. The molecule has 1 aliphatic rings. The highest BCUT2D eigenvalue weighted by atomic mass is 32.2. The smallest absolute Gasteiger partial charge is 0.341 e. The second kappa shape index (κ2) is 19.3. The van der Waals surface area contributed by atoms with E-state index in [1.54, 1.807) is 60.4 Å². The van der Waals surface area contributed by atoms with E-state index in [1.165, 1.54) is 30.0 Å². The van der Waals surface area contributed by atoms with Crippen LogP contribution in [0, 0.1) is 0 Å². The molecule has 3 N–H and O–H groups in total. The molecule has 0 fully saturated rings. The molecule has 0 radical (unpaired) electrons. The maximum atomic E-state index is 14.3. The fraction of sp³-hybridized carbons (Fsp3) is 0.146. The van der Waals surface area contributed by atoms with E-state index in [0.717, 1.165) is 27.1 Å². The first kappa shape index (κ1) is 41.4. The van der Waals surface area contributed by atoms with Gasteiger partial charge in [-0.3, -0.25) is 19.2 Å². The summed E-state index contributed by atoms with van der Waals surface area (Å²) in [5, 5.41) is 8.39. The van der Waals surface area contributed by atoms with Gasteiger partial charge in [0.2, 0.25) is 11.8 Å². The number of carbonyl (C=O) groups is 5. The molecular formula is C48H42N4O6S2. The molecule has 1 aliphatic heterocycles. The molecule has 0 aliphatic carbocycles. The average Bonchev–Trinajstić information content (AvgIpc) is 3.63. The molecule has 7 rings (SSSR count). The lowest BCUT2D eigenvalue weighted by molar-refractivity contribution is -0.129. The number of amides is 4. The van der Waals surface area contributed by atoms with E-state index in [-0.39, 0.29) is 24.1 Å². The molecule has 302 valence electrons. The number of thioether (sulfide) groups is 1. The van der Waals surface area contributed by atoms with E-state index in [0.29, 0.717) is 51.8 Å². The first-order valence-corrected chi connectivity index (χ1v) is 21.1. The highest BCUT2D eigenvalue weighted by Gasteiger charge is 2.32. The summed E-state index contributed by atoms with van der Waals surface area (Å²) in [4.78, 5) is 70.3. The molecule has 5 aromatic carbocycles. The van der Waals surface area contributed by atoms with Crippen LogP contribution in [0.3, 0.4) is 0 Å². The highest BCUT2D eigenvalue weighted by molar-refractivity contribution is 8.00. The highest BCUT2D eigenvalue weighted by Crippen LogP contribution is 2.41. The predicted molar refractivity (Wildman–Crippen MR) is 238 cm³/mol. The fourth-order valence-electron chi connectivity index (χ4n) is 6.75. The number of hydrogen-bond acceptors (Lipinski definition) is 8. The average molecular weight is 835 g/mol. The van der Waals surface area contributed by atoms with Crippen molar-refractivity contribution in [3.63, 3.8) is 0 Å². The molecule has 60 heavy (non-hydrogen) atoms. The molecule has 10 nitrogen and oxygen atoms in total. The monoisotopic (exact) mass is 834 g/mol. The van der Waals surface area contributed by atoms with Gasteiger partial charge in [-0.25, -0.2) is 4.79 Å². The van der Waals surface area contributed by atoms with Crippen molar-refractivity contribution in [3.05, 3.63) is 178 Å². The van der Waals surface area contributed by atoms with E-state index in [9.17, 15) is 24.0 Å². The molecule has 2 heterocycles. The van der Waals surface area contributed by atoms with Crippen LogP contribution >= 0.6 is 23.1 Å². The van der Waals surface area contributed by atoms with E-state index in [2.05, 4.69) is 16.0 Å². The van der Waals surface area contributed by atoms with Crippen LogP contribution in [0.4, 0.5) is 10.7 Å². The third kappa shape index (κ3) is 10.1. The lowest BCUT2D eigenvalue weighted by Crippen LogP contribution is -2.34. The van der Waals surface area contributed by atoms with Gasteiger partial charge < -0.3 is 25.6 Å². The summed E-state index contributed by atoms with van der Waals surface area (Å²) in [7, 11) is 0. The number of fused-ring (bicyclic) bond motifs is 1. The van der Waals surface area contributed by atoms with Gasteiger partial charge >= 0.3 is 5.97 Å². The summed E-state index contributed by atoms with van der Waals surface area (Å²) in [6.07, 6.45) is 2.10. The number of esters is 1. The Labute approximate surface area is 356 Å².